The lowest BCUT2D eigenvalue weighted by molar-refractivity contribution is 0.201. The first-order chi connectivity index (χ1) is 16.8. The Kier molecular flexibility index (Phi) is 5.74. The van der Waals surface area contributed by atoms with E-state index in [0.717, 1.165) is 42.7 Å². The smallest absolute Gasteiger partial charge is 0.186 e. The van der Waals surface area contributed by atoms with E-state index in [4.69, 9.17) is 4.98 Å². The van der Waals surface area contributed by atoms with Crippen LogP contribution in [0.4, 0.5) is 5.13 Å². The third-order valence-corrected chi connectivity index (χ3v) is 7.42. The Balaban J connectivity index is 1.26. The maximum Gasteiger partial charge on any atom is 0.186 e. The number of piperazine rings is 1. The van der Waals surface area contributed by atoms with Crippen LogP contribution in [0.1, 0.15) is 23.0 Å². The van der Waals surface area contributed by atoms with Crippen LogP contribution < -0.4 is 4.90 Å². The zero-order valence-corrected chi connectivity index (χ0v) is 19.6. The first-order valence-corrected chi connectivity index (χ1v) is 12.4. The highest BCUT2D eigenvalue weighted by molar-refractivity contribution is 7.22. The van der Waals surface area contributed by atoms with Gasteiger partial charge in [-0.25, -0.2) is 9.67 Å². The van der Waals surface area contributed by atoms with Crippen molar-refractivity contribution in [2.24, 2.45) is 0 Å². The Hall–Kier alpha value is -3.62. The number of thiazole rings is 1. The van der Waals surface area contributed by atoms with Gasteiger partial charge >= 0.3 is 0 Å². The molecule has 1 aliphatic heterocycles. The summed E-state index contributed by atoms with van der Waals surface area (Å²) in [6.45, 7) is 4.31. The number of fused-ring (bicyclic) bond motifs is 1. The Labute approximate surface area is 202 Å². The predicted octanol–water partition coefficient (Wildman–Crippen LogP) is 4.24. The largest absolute Gasteiger partial charge is 0.345 e. The second kappa shape index (κ2) is 9.32. The molecule has 2 aromatic heterocycles. The molecule has 0 aliphatic carbocycles. The Morgan fingerprint density at radius 3 is 2.26 bits per heavy atom. The normalized spacial score (nSPS) is 15.6. The number of hydrogen-bond donors (Lipinski definition) is 0. The number of hydrogen-bond acceptors (Lipinski definition) is 7. The van der Waals surface area contributed by atoms with Gasteiger partial charge in [-0.05, 0) is 33.7 Å². The van der Waals surface area contributed by atoms with E-state index in [1.165, 1.54) is 15.8 Å². The first kappa shape index (κ1) is 20.9. The average molecular weight is 468 g/mol. The molecule has 170 valence electrons. The Morgan fingerprint density at radius 2 is 1.50 bits per heavy atom. The van der Waals surface area contributed by atoms with E-state index in [1.54, 1.807) is 11.3 Å². The number of aromatic nitrogens is 5. The maximum atomic E-state index is 4.86. The van der Waals surface area contributed by atoms with Crippen molar-refractivity contribution in [2.75, 3.05) is 31.1 Å². The standard InChI is InChI=1S/C26H25N7S/c1-3-9-20(10-4-1)19-33-25(28-29-30-33)24(21-11-5-2-6-12-21)31-15-17-32(18-16-31)26-27-22-13-7-8-14-23(22)34-26/h1-14,24H,15-19H2/t24-/m0/s1. The van der Waals surface area contributed by atoms with E-state index in [-0.39, 0.29) is 6.04 Å². The minimum Gasteiger partial charge on any atom is -0.345 e. The molecule has 0 unspecified atom stereocenters. The summed E-state index contributed by atoms with van der Waals surface area (Å²) in [4.78, 5) is 9.76. The van der Waals surface area contributed by atoms with Gasteiger partial charge in [-0.3, -0.25) is 4.90 Å². The third kappa shape index (κ3) is 4.18. The van der Waals surface area contributed by atoms with Crippen LogP contribution in [0.3, 0.4) is 0 Å². The lowest BCUT2D eigenvalue weighted by Crippen LogP contribution is -2.48. The minimum atomic E-state index is -0.00238. The molecule has 8 heteroatoms. The van der Waals surface area contributed by atoms with E-state index in [2.05, 4.69) is 98.1 Å². The molecule has 0 N–H and O–H groups in total. The quantitative estimate of drug-likeness (QED) is 0.372. The first-order valence-electron chi connectivity index (χ1n) is 11.5. The van der Waals surface area contributed by atoms with Crippen molar-refractivity contribution in [3.63, 3.8) is 0 Å². The van der Waals surface area contributed by atoms with Crippen molar-refractivity contribution in [1.82, 2.24) is 30.1 Å². The minimum absolute atomic E-state index is 0.00238. The van der Waals surface area contributed by atoms with E-state index >= 15 is 0 Å². The van der Waals surface area contributed by atoms with Crippen molar-refractivity contribution in [3.8, 4) is 0 Å². The fourth-order valence-electron chi connectivity index (χ4n) is 4.60. The van der Waals surface area contributed by atoms with Crippen molar-refractivity contribution in [3.05, 3.63) is 102 Å². The molecule has 0 amide bonds. The van der Waals surface area contributed by atoms with E-state index < -0.39 is 0 Å². The van der Waals surface area contributed by atoms with Gasteiger partial charge in [0.05, 0.1) is 22.8 Å². The molecule has 0 spiro atoms. The van der Waals surface area contributed by atoms with Gasteiger partial charge in [-0.15, -0.1) is 5.10 Å². The summed E-state index contributed by atoms with van der Waals surface area (Å²) in [5.41, 5.74) is 3.47. The number of anilines is 1. The summed E-state index contributed by atoms with van der Waals surface area (Å²) in [6, 6.07) is 29.3. The molecule has 0 bridgehead atoms. The van der Waals surface area contributed by atoms with Crippen LogP contribution in [0.2, 0.25) is 0 Å². The molecule has 3 heterocycles. The molecule has 34 heavy (non-hydrogen) atoms. The van der Waals surface area contributed by atoms with Crippen molar-refractivity contribution >= 4 is 26.7 Å². The van der Waals surface area contributed by atoms with E-state index in [1.807, 2.05) is 16.8 Å². The summed E-state index contributed by atoms with van der Waals surface area (Å²) in [7, 11) is 0. The third-order valence-electron chi connectivity index (χ3n) is 6.33. The molecule has 0 saturated carbocycles. The average Bonchev–Trinajstić information content (AvgIpc) is 3.53. The summed E-state index contributed by atoms with van der Waals surface area (Å²) in [5, 5.41) is 14.0. The van der Waals surface area contributed by atoms with Crippen LogP contribution in [0.25, 0.3) is 10.2 Å². The molecule has 7 nitrogen and oxygen atoms in total. The van der Waals surface area contributed by atoms with Crippen LogP contribution in [-0.2, 0) is 6.54 Å². The number of tetrazole rings is 1. The Bertz CT molecular complexity index is 1320. The highest BCUT2D eigenvalue weighted by Crippen LogP contribution is 2.32. The molecule has 5 aromatic rings. The second-order valence-corrected chi connectivity index (χ2v) is 9.49. The summed E-state index contributed by atoms with van der Waals surface area (Å²) in [6.07, 6.45) is 0. The SMILES string of the molecule is c1ccc(Cn2nnnc2[C@H](c2ccccc2)N2CCN(c3nc4ccccc4s3)CC2)cc1. The molecule has 6 rings (SSSR count). The number of rotatable bonds is 6. The molecular formula is C26H25N7S. The maximum absolute atomic E-state index is 4.86. The fraction of sp³-hybridized carbons (Fsp3) is 0.231. The van der Waals surface area contributed by atoms with Crippen LogP contribution in [0, 0.1) is 0 Å². The summed E-state index contributed by atoms with van der Waals surface area (Å²) >= 11 is 1.77. The van der Waals surface area contributed by atoms with Gasteiger partial charge in [-0.1, -0.05) is 84.1 Å². The predicted molar refractivity (Wildman–Crippen MR) is 135 cm³/mol. The van der Waals surface area contributed by atoms with Crippen molar-refractivity contribution in [1.29, 1.82) is 0 Å². The number of nitrogens with zero attached hydrogens (tertiary/aromatic N) is 7. The van der Waals surface area contributed by atoms with Crippen molar-refractivity contribution < 1.29 is 0 Å². The highest BCUT2D eigenvalue weighted by atomic mass is 32.1. The van der Waals surface area contributed by atoms with Gasteiger partial charge in [0.2, 0.25) is 0 Å². The van der Waals surface area contributed by atoms with Gasteiger partial charge in [0, 0.05) is 26.2 Å². The lowest BCUT2D eigenvalue weighted by atomic mass is 10.0. The van der Waals surface area contributed by atoms with Crippen LogP contribution in [0.15, 0.2) is 84.9 Å². The monoisotopic (exact) mass is 467 g/mol. The fourth-order valence-corrected chi connectivity index (χ4v) is 5.62. The molecule has 1 saturated heterocycles. The van der Waals surface area contributed by atoms with Gasteiger partial charge in [-0.2, -0.15) is 0 Å². The molecule has 0 radical (unpaired) electrons. The summed E-state index contributed by atoms with van der Waals surface area (Å²) in [5.74, 6) is 0.878. The zero-order valence-electron chi connectivity index (χ0n) is 18.7. The number of para-hydroxylation sites is 1. The zero-order chi connectivity index (χ0) is 22.7. The van der Waals surface area contributed by atoms with Gasteiger partial charge < -0.3 is 4.90 Å². The highest BCUT2D eigenvalue weighted by Gasteiger charge is 2.31. The van der Waals surface area contributed by atoms with E-state index in [0.29, 0.717) is 6.54 Å². The van der Waals surface area contributed by atoms with Crippen molar-refractivity contribution in [2.45, 2.75) is 12.6 Å². The van der Waals surface area contributed by atoms with E-state index in [9.17, 15) is 0 Å². The molecular weight excluding hydrogens is 442 g/mol. The summed E-state index contributed by atoms with van der Waals surface area (Å²) < 4.78 is 3.18. The molecule has 1 fully saturated rings. The van der Waals surface area contributed by atoms with Crippen LogP contribution >= 0.6 is 11.3 Å². The molecule has 1 atom stereocenters. The lowest BCUT2D eigenvalue weighted by Gasteiger charge is -2.38. The molecule has 3 aromatic carbocycles. The van der Waals surface area contributed by atoms with Crippen LogP contribution in [-0.4, -0.2) is 56.3 Å². The topological polar surface area (TPSA) is 63.0 Å². The van der Waals surface area contributed by atoms with Gasteiger partial charge in [0.1, 0.15) is 0 Å². The van der Waals surface area contributed by atoms with Crippen LogP contribution in [0.5, 0.6) is 0 Å². The molecule has 1 aliphatic rings. The Morgan fingerprint density at radius 1 is 0.794 bits per heavy atom. The number of benzene rings is 3. The second-order valence-electron chi connectivity index (χ2n) is 8.48. The van der Waals surface area contributed by atoms with Gasteiger partial charge in [0.15, 0.2) is 11.0 Å². The van der Waals surface area contributed by atoms with Gasteiger partial charge in [0.25, 0.3) is 0 Å².